The summed E-state index contributed by atoms with van der Waals surface area (Å²) in [6.07, 6.45) is 1.62. The van der Waals surface area contributed by atoms with Gasteiger partial charge in [-0.15, -0.1) is 0 Å². The van der Waals surface area contributed by atoms with E-state index in [0.29, 0.717) is 36.8 Å². The minimum atomic E-state index is -0.708. The summed E-state index contributed by atoms with van der Waals surface area (Å²) in [5.74, 6) is -0.468. The molecule has 3 aromatic rings. The second kappa shape index (κ2) is 9.05. The molecule has 0 unspecified atom stereocenters. The molecule has 1 aliphatic heterocycles. The van der Waals surface area contributed by atoms with Crippen molar-refractivity contribution in [1.29, 1.82) is 0 Å². The van der Waals surface area contributed by atoms with Gasteiger partial charge in [0.25, 0.3) is 5.56 Å². The summed E-state index contributed by atoms with van der Waals surface area (Å²) in [6.45, 7) is 3.66. The molecular weight excluding hydrogens is 516 g/mol. The predicted molar refractivity (Wildman–Crippen MR) is 128 cm³/mol. The molecule has 0 fully saturated rings. The van der Waals surface area contributed by atoms with Gasteiger partial charge in [-0.1, -0.05) is 51.0 Å². The van der Waals surface area contributed by atoms with Gasteiger partial charge >= 0.3 is 5.97 Å². The van der Waals surface area contributed by atoms with Gasteiger partial charge in [-0.05, 0) is 55.8 Å². The van der Waals surface area contributed by atoms with Gasteiger partial charge in [0.2, 0.25) is 0 Å². The maximum absolute atomic E-state index is 13.5. The molecule has 1 aromatic heterocycles. The Morgan fingerprint density at radius 2 is 2.03 bits per heavy atom. The van der Waals surface area contributed by atoms with Crippen LogP contribution in [0.1, 0.15) is 31.0 Å². The molecule has 0 spiro atoms. The molecule has 0 saturated carbocycles. The summed E-state index contributed by atoms with van der Waals surface area (Å²) >= 11 is 10.6. The first-order chi connectivity index (χ1) is 15.3. The normalized spacial score (nSPS) is 16.0. The number of hydrogen-bond acceptors (Lipinski definition) is 6. The average Bonchev–Trinajstić information content (AvgIpc) is 3.05. The summed E-state index contributed by atoms with van der Waals surface area (Å²) in [6, 6.07) is 11.3. The van der Waals surface area contributed by atoms with E-state index >= 15 is 0 Å². The highest BCUT2D eigenvalue weighted by atomic mass is 79.9. The number of fused-ring (bicyclic) bond motifs is 1. The van der Waals surface area contributed by atoms with Gasteiger partial charge in [-0.25, -0.2) is 9.79 Å². The van der Waals surface area contributed by atoms with Crippen molar-refractivity contribution in [3.8, 4) is 5.75 Å². The fourth-order valence-electron chi connectivity index (χ4n) is 3.53. The van der Waals surface area contributed by atoms with Crippen molar-refractivity contribution < 1.29 is 14.6 Å². The minimum absolute atomic E-state index is 0.0525. The number of carbonyl (C=O) groups is 1. The number of allylic oxidation sites excluding steroid dienone is 1. The number of hydrogen-bond donors (Lipinski definition) is 1. The third-order valence-electron chi connectivity index (χ3n) is 4.98. The van der Waals surface area contributed by atoms with Crippen LogP contribution in [0.25, 0.3) is 6.08 Å². The third-order valence-corrected chi connectivity index (χ3v) is 6.71. The molecule has 1 N–H and O–H groups in total. The minimum Gasteiger partial charge on any atom is -0.507 e. The van der Waals surface area contributed by atoms with Gasteiger partial charge < -0.3 is 9.84 Å². The second-order valence-electron chi connectivity index (χ2n) is 7.06. The number of aromatic hydroxyl groups is 1. The van der Waals surface area contributed by atoms with Crippen LogP contribution in [0.5, 0.6) is 5.75 Å². The summed E-state index contributed by atoms with van der Waals surface area (Å²) < 4.78 is 7.92. The number of phenols is 1. The van der Waals surface area contributed by atoms with E-state index in [1.807, 2.05) is 0 Å². The van der Waals surface area contributed by atoms with Crippen molar-refractivity contribution in [2.75, 3.05) is 6.61 Å². The highest BCUT2D eigenvalue weighted by molar-refractivity contribution is 9.10. The van der Waals surface area contributed by atoms with Crippen LogP contribution in [0.3, 0.4) is 0 Å². The Balaban J connectivity index is 1.97. The summed E-state index contributed by atoms with van der Waals surface area (Å²) in [5.41, 5.74) is 1.68. The topological polar surface area (TPSA) is 80.9 Å². The number of nitrogens with zero attached hydrogens (tertiary/aromatic N) is 2. The standard InChI is InChI=1S/C23H18BrClN2O4S/c1-3-31-22(30)19-12(2)26-23-27(20(19)13-4-7-16(25)8-5-13)21(29)18(32-23)11-14-10-15(24)6-9-17(14)28/h4-11,20,28H,3H2,1-2H3/b18-11+/t20-/m0/s1. The second-order valence-corrected chi connectivity index (χ2v) is 9.42. The van der Waals surface area contributed by atoms with Crippen molar-refractivity contribution in [2.24, 2.45) is 4.99 Å². The van der Waals surface area contributed by atoms with Gasteiger partial charge in [0, 0.05) is 15.1 Å². The number of ether oxygens (including phenoxy) is 1. The Labute approximate surface area is 200 Å². The van der Waals surface area contributed by atoms with E-state index in [9.17, 15) is 14.7 Å². The van der Waals surface area contributed by atoms with Crippen LogP contribution in [-0.2, 0) is 9.53 Å². The highest BCUT2D eigenvalue weighted by Crippen LogP contribution is 2.31. The lowest BCUT2D eigenvalue weighted by atomic mass is 9.96. The number of aromatic nitrogens is 1. The predicted octanol–water partition coefficient (Wildman–Crippen LogP) is 3.92. The number of esters is 1. The molecule has 9 heteroatoms. The molecule has 164 valence electrons. The van der Waals surface area contributed by atoms with Crippen LogP contribution in [0.4, 0.5) is 0 Å². The molecule has 0 radical (unpaired) electrons. The molecule has 0 bridgehead atoms. The molecule has 1 aliphatic rings. The van der Waals surface area contributed by atoms with Gasteiger partial charge in [0.15, 0.2) is 4.80 Å². The lowest BCUT2D eigenvalue weighted by molar-refractivity contribution is -0.139. The maximum Gasteiger partial charge on any atom is 0.338 e. The molecule has 32 heavy (non-hydrogen) atoms. The molecule has 2 aromatic carbocycles. The Morgan fingerprint density at radius 1 is 1.31 bits per heavy atom. The van der Waals surface area contributed by atoms with E-state index in [1.165, 1.54) is 15.9 Å². The largest absolute Gasteiger partial charge is 0.507 e. The number of thiazole rings is 1. The highest BCUT2D eigenvalue weighted by Gasteiger charge is 2.33. The molecule has 0 aliphatic carbocycles. The molecular formula is C23H18BrClN2O4S. The summed E-state index contributed by atoms with van der Waals surface area (Å²) in [7, 11) is 0. The van der Waals surface area contributed by atoms with E-state index in [0.717, 1.165) is 4.47 Å². The zero-order valence-corrected chi connectivity index (χ0v) is 20.3. The number of carbonyl (C=O) groups excluding carboxylic acids is 1. The van der Waals surface area contributed by atoms with Gasteiger partial charge in [-0.3, -0.25) is 9.36 Å². The SMILES string of the molecule is CCOC(=O)C1=C(C)N=c2s/c(=C/c3cc(Br)ccc3O)c(=O)n2[C@H]1c1ccc(Cl)cc1. The van der Waals surface area contributed by atoms with E-state index < -0.39 is 12.0 Å². The molecule has 1 atom stereocenters. The average molecular weight is 534 g/mol. The zero-order valence-electron chi connectivity index (χ0n) is 17.1. The Bertz CT molecular complexity index is 1420. The molecule has 0 saturated heterocycles. The first kappa shape index (κ1) is 22.5. The van der Waals surface area contributed by atoms with Crippen molar-refractivity contribution in [1.82, 2.24) is 4.57 Å². The van der Waals surface area contributed by atoms with Gasteiger partial charge in [-0.2, -0.15) is 0 Å². The van der Waals surface area contributed by atoms with E-state index in [4.69, 9.17) is 16.3 Å². The first-order valence-electron chi connectivity index (χ1n) is 9.73. The van der Waals surface area contributed by atoms with Crippen molar-refractivity contribution in [3.63, 3.8) is 0 Å². The smallest absolute Gasteiger partial charge is 0.338 e. The van der Waals surface area contributed by atoms with Crippen LogP contribution in [0.15, 0.2) is 68.0 Å². The van der Waals surface area contributed by atoms with Crippen LogP contribution >= 0.6 is 38.9 Å². The number of phenolic OH excluding ortho intramolecular Hbond substituents is 1. The molecule has 6 nitrogen and oxygen atoms in total. The fraction of sp³-hybridized carbons (Fsp3) is 0.174. The zero-order chi connectivity index (χ0) is 23.0. The van der Waals surface area contributed by atoms with Gasteiger partial charge in [0.1, 0.15) is 5.75 Å². The summed E-state index contributed by atoms with van der Waals surface area (Å²) in [5, 5.41) is 10.7. The lowest BCUT2D eigenvalue weighted by Gasteiger charge is -2.24. The van der Waals surface area contributed by atoms with Crippen LogP contribution in [-0.4, -0.2) is 22.2 Å². The van der Waals surface area contributed by atoms with Crippen LogP contribution in [0.2, 0.25) is 5.02 Å². The fourth-order valence-corrected chi connectivity index (χ4v) is 5.08. The number of benzene rings is 2. The Hall–Kier alpha value is -2.68. The van der Waals surface area contributed by atoms with E-state index in [-0.39, 0.29) is 17.9 Å². The van der Waals surface area contributed by atoms with E-state index in [1.54, 1.807) is 62.4 Å². The molecule has 0 amide bonds. The van der Waals surface area contributed by atoms with Crippen molar-refractivity contribution in [2.45, 2.75) is 19.9 Å². The molecule has 4 rings (SSSR count). The Kier molecular flexibility index (Phi) is 6.37. The van der Waals surface area contributed by atoms with E-state index in [2.05, 4.69) is 20.9 Å². The number of halogens is 2. The lowest BCUT2D eigenvalue weighted by Crippen LogP contribution is -2.39. The number of rotatable bonds is 4. The quantitative estimate of drug-likeness (QED) is 0.516. The first-order valence-corrected chi connectivity index (χ1v) is 11.7. The molecule has 2 heterocycles. The van der Waals surface area contributed by atoms with Crippen LogP contribution in [0, 0.1) is 0 Å². The van der Waals surface area contributed by atoms with Crippen molar-refractivity contribution in [3.05, 3.63) is 94.0 Å². The van der Waals surface area contributed by atoms with Crippen molar-refractivity contribution >= 4 is 50.9 Å². The van der Waals surface area contributed by atoms with Gasteiger partial charge in [0.05, 0.1) is 28.5 Å². The third kappa shape index (κ3) is 4.18. The maximum atomic E-state index is 13.5. The monoisotopic (exact) mass is 532 g/mol. The van der Waals surface area contributed by atoms with Crippen LogP contribution < -0.4 is 14.9 Å². The summed E-state index contributed by atoms with van der Waals surface area (Å²) in [4.78, 5) is 31.3. The Morgan fingerprint density at radius 3 is 2.72 bits per heavy atom.